The van der Waals surface area contributed by atoms with Gasteiger partial charge in [-0.1, -0.05) is 25.8 Å². The second-order valence-corrected chi connectivity index (χ2v) is 2.02. The fourth-order valence-electron chi connectivity index (χ4n) is 0.454. The molecule has 0 aromatic rings. The topological polar surface area (TPSA) is 23.8 Å². The van der Waals surface area contributed by atoms with E-state index in [0.29, 0.717) is 0 Å². The van der Waals surface area contributed by atoms with E-state index in [1.807, 2.05) is 6.92 Å². The summed E-state index contributed by atoms with van der Waals surface area (Å²) in [5, 5.41) is 8.04. The van der Waals surface area contributed by atoms with Gasteiger partial charge in [-0.15, -0.1) is 6.58 Å². The second kappa shape index (κ2) is 15.7. The third kappa shape index (κ3) is 26.9. The molecule has 0 heterocycles. The molecule has 0 fully saturated rings. The lowest BCUT2D eigenvalue weighted by Crippen LogP contribution is -1.68. The van der Waals surface area contributed by atoms with Crippen LogP contribution >= 0.6 is 0 Å². The first-order valence-corrected chi connectivity index (χ1v) is 3.77. The number of allylic oxidation sites excluding steroid dienone is 1. The minimum atomic E-state index is 0.730. The van der Waals surface area contributed by atoms with Crippen molar-refractivity contribution in [2.75, 3.05) is 0 Å². The SMILES string of the molecule is C=CC.CCCCCC#N. The van der Waals surface area contributed by atoms with Crippen molar-refractivity contribution >= 4 is 0 Å². The maximum atomic E-state index is 8.04. The minimum absolute atomic E-state index is 0.730. The molecular weight excluding hydrogens is 122 g/mol. The van der Waals surface area contributed by atoms with E-state index in [4.69, 9.17) is 5.26 Å². The van der Waals surface area contributed by atoms with Crippen molar-refractivity contribution in [3.63, 3.8) is 0 Å². The van der Waals surface area contributed by atoms with Gasteiger partial charge in [0.15, 0.2) is 0 Å². The van der Waals surface area contributed by atoms with Crippen LogP contribution < -0.4 is 0 Å². The Morgan fingerprint density at radius 3 is 2.30 bits per heavy atom. The van der Waals surface area contributed by atoms with E-state index < -0.39 is 0 Å². The quantitative estimate of drug-likeness (QED) is 0.435. The summed E-state index contributed by atoms with van der Waals surface area (Å²) in [5.41, 5.74) is 0. The van der Waals surface area contributed by atoms with E-state index >= 15 is 0 Å². The second-order valence-electron chi connectivity index (χ2n) is 2.02. The molecular formula is C9H17N. The number of rotatable bonds is 3. The van der Waals surface area contributed by atoms with Crippen LogP contribution in [0, 0.1) is 11.3 Å². The molecule has 0 bridgehead atoms. The molecule has 0 saturated carbocycles. The first-order chi connectivity index (χ1) is 4.83. The lowest BCUT2D eigenvalue weighted by Gasteiger charge is -1.84. The first kappa shape index (κ1) is 12.0. The smallest absolute Gasteiger partial charge is 0.0621 e. The van der Waals surface area contributed by atoms with E-state index in [2.05, 4.69) is 19.6 Å². The van der Waals surface area contributed by atoms with Crippen molar-refractivity contribution in [3.05, 3.63) is 12.7 Å². The predicted octanol–water partition coefficient (Wildman–Crippen LogP) is 3.28. The molecule has 1 heteroatoms. The summed E-state index contributed by atoms with van der Waals surface area (Å²) in [6.07, 6.45) is 5.97. The Balaban J connectivity index is 0. The van der Waals surface area contributed by atoms with Crippen LogP contribution in [-0.2, 0) is 0 Å². The maximum Gasteiger partial charge on any atom is 0.0621 e. The molecule has 0 spiro atoms. The van der Waals surface area contributed by atoms with Crippen LogP contribution in [0.3, 0.4) is 0 Å². The van der Waals surface area contributed by atoms with Gasteiger partial charge in [-0.2, -0.15) is 5.26 Å². The van der Waals surface area contributed by atoms with Crippen molar-refractivity contribution < 1.29 is 0 Å². The van der Waals surface area contributed by atoms with Gasteiger partial charge >= 0.3 is 0 Å². The standard InChI is InChI=1S/C6H11N.C3H6/c1-2-3-4-5-6-7;1-3-2/h2-5H2,1H3;3H,1H2,2H3. The van der Waals surface area contributed by atoms with Gasteiger partial charge < -0.3 is 0 Å². The molecule has 10 heavy (non-hydrogen) atoms. The number of nitrogens with zero attached hydrogens (tertiary/aromatic N) is 1. The Hall–Kier alpha value is -0.770. The summed E-state index contributed by atoms with van der Waals surface area (Å²) in [6, 6.07) is 2.10. The largest absolute Gasteiger partial charge is 0.198 e. The van der Waals surface area contributed by atoms with Crippen molar-refractivity contribution in [3.8, 4) is 6.07 Å². The van der Waals surface area contributed by atoms with Gasteiger partial charge in [0.2, 0.25) is 0 Å². The van der Waals surface area contributed by atoms with Crippen molar-refractivity contribution in [1.29, 1.82) is 5.26 Å². The van der Waals surface area contributed by atoms with Crippen molar-refractivity contribution in [1.82, 2.24) is 0 Å². The molecule has 58 valence electrons. The summed E-state index contributed by atoms with van der Waals surface area (Å²) >= 11 is 0. The van der Waals surface area contributed by atoms with E-state index in [-0.39, 0.29) is 0 Å². The van der Waals surface area contributed by atoms with Gasteiger partial charge in [0, 0.05) is 6.42 Å². The minimum Gasteiger partial charge on any atom is -0.198 e. The molecule has 0 aromatic carbocycles. The summed E-state index contributed by atoms with van der Waals surface area (Å²) in [4.78, 5) is 0. The van der Waals surface area contributed by atoms with Crippen LogP contribution in [0.2, 0.25) is 0 Å². The predicted molar refractivity (Wildman–Crippen MR) is 45.6 cm³/mol. The molecule has 1 nitrogen and oxygen atoms in total. The zero-order valence-corrected chi connectivity index (χ0v) is 7.06. The number of nitriles is 1. The Bertz CT molecular complexity index is 89.4. The van der Waals surface area contributed by atoms with Gasteiger partial charge in [0.1, 0.15) is 0 Å². The fraction of sp³-hybridized carbons (Fsp3) is 0.667. The summed E-state index contributed by atoms with van der Waals surface area (Å²) < 4.78 is 0. The van der Waals surface area contributed by atoms with E-state index in [1.54, 1.807) is 6.08 Å². The molecule has 0 aliphatic heterocycles. The molecule has 0 unspecified atom stereocenters. The fourth-order valence-corrected chi connectivity index (χ4v) is 0.454. The summed E-state index contributed by atoms with van der Waals surface area (Å²) in [7, 11) is 0. The average Bonchev–Trinajstić information content (AvgIpc) is 1.91. The molecule has 0 rings (SSSR count). The molecule has 0 aliphatic rings. The third-order valence-electron chi connectivity index (χ3n) is 0.892. The number of hydrogen-bond donors (Lipinski definition) is 0. The highest BCUT2D eigenvalue weighted by Crippen LogP contribution is 1.95. The Morgan fingerprint density at radius 2 is 2.00 bits per heavy atom. The normalized spacial score (nSPS) is 6.90. The number of hydrogen-bond acceptors (Lipinski definition) is 1. The zero-order chi connectivity index (χ0) is 8.24. The highest BCUT2D eigenvalue weighted by atomic mass is 14.2. The highest BCUT2D eigenvalue weighted by molar-refractivity contribution is 4.67. The van der Waals surface area contributed by atoms with Gasteiger partial charge in [-0.3, -0.25) is 0 Å². The van der Waals surface area contributed by atoms with Gasteiger partial charge in [-0.05, 0) is 13.3 Å². The molecule has 0 N–H and O–H groups in total. The van der Waals surface area contributed by atoms with Crippen molar-refractivity contribution in [2.45, 2.75) is 39.5 Å². The lowest BCUT2D eigenvalue weighted by atomic mass is 10.2. The molecule has 0 radical (unpaired) electrons. The monoisotopic (exact) mass is 139 g/mol. The van der Waals surface area contributed by atoms with Crippen LogP contribution in [0.4, 0.5) is 0 Å². The van der Waals surface area contributed by atoms with E-state index in [1.165, 1.54) is 12.8 Å². The molecule has 0 aliphatic carbocycles. The van der Waals surface area contributed by atoms with Crippen LogP contribution in [-0.4, -0.2) is 0 Å². The van der Waals surface area contributed by atoms with Gasteiger partial charge in [0.25, 0.3) is 0 Å². The van der Waals surface area contributed by atoms with Gasteiger partial charge in [0.05, 0.1) is 6.07 Å². The molecule has 0 amide bonds. The van der Waals surface area contributed by atoms with Crippen LogP contribution in [0.5, 0.6) is 0 Å². The van der Waals surface area contributed by atoms with Crippen LogP contribution in [0.1, 0.15) is 39.5 Å². The average molecular weight is 139 g/mol. The first-order valence-electron chi connectivity index (χ1n) is 3.77. The molecule has 0 saturated heterocycles. The van der Waals surface area contributed by atoms with Crippen LogP contribution in [0.25, 0.3) is 0 Å². The van der Waals surface area contributed by atoms with Crippen LogP contribution in [0.15, 0.2) is 12.7 Å². The summed E-state index contributed by atoms with van der Waals surface area (Å²) in [5.74, 6) is 0. The van der Waals surface area contributed by atoms with E-state index in [0.717, 1.165) is 12.8 Å². The lowest BCUT2D eigenvalue weighted by molar-refractivity contribution is 0.734. The Morgan fingerprint density at radius 1 is 1.50 bits per heavy atom. The molecule has 0 atom stereocenters. The third-order valence-corrected chi connectivity index (χ3v) is 0.892. The zero-order valence-electron chi connectivity index (χ0n) is 7.06. The van der Waals surface area contributed by atoms with E-state index in [9.17, 15) is 0 Å². The van der Waals surface area contributed by atoms with Crippen molar-refractivity contribution in [2.24, 2.45) is 0 Å². The number of unbranched alkanes of at least 4 members (excludes halogenated alkanes) is 3. The molecule has 0 aromatic heterocycles. The Kier molecular flexibility index (Phi) is 18.8. The summed E-state index contributed by atoms with van der Waals surface area (Å²) in [6.45, 7) is 7.39. The highest BCUT2D eigenvalue weighted by Gasteiger charge is 1.79. The van der Waals surface area contributed by atoms with Gasteiger partial charge in [-0.25, -0.2) is 0 Å². The maximum absolute atomic E-state index is 8.04. The Labute approximate surface area is 64.4 Å².